The number of carbonyl (C=O) groups excluding carboxylic acids is 1. The molecule has 14 heavy (non-hydrogen) atoms. The van der Waals surface area contributed by atoms with Crippen molar-refractivity contribution in [1.29, 1.82) is 0 Å². The van der Waals surface area contributed by atoms with Gasteiger partial charge in [-0.15, -0.1) is 0 Å². The number of fused-ring (bicyclic) bond motifs is 2. The average Bonchev–Trinajstić information content (AvgIpc) is 2.53. The van der Waals surface area contributed by atoms with E-state index < -0.39 is 6.03 Å². The first kappa shape index (κ1) is 7.19. The van der Waals surface area contributed by atoms with Crippen LogP contribution in [0.2, 0.25) is 0 Å². The first-order valence-corrected chi connectivity index (χ1v) is 3.91. The summed E-state index contributed by atoms with van der Waals surface area (Å²) in [5.74, 6) is 0. The van der Waals surface area contributed by atoms with Gasteiger partial charge in [0.15, 0.2) is 5.49 Å². The van der Waals surface area contributed by atoms with Crippen LogP contribution in [0.25, 0.3) is 11.0 Å². The Morgan fingerprint density at radius 1 is 1.14 bits per heavy atom. The van der Waals surface area contributed by atoms with Crippen LogP contribution in [0.15, 0.2) is 28.6 Å². The van der Waals surface area contributed by atoms with Crippen molar-refractivity contribution in [2.45, 2.75) is 0 Å². The molecule has 0 fully saturated rings. The molecule has 3 heterocycles. The molecule has 0 radical (unpaired) electrons. The number of nitrogens with zero attached hydrogens (tertiary/aromatic N) is 5. The molecule has 0 saturated carbocycles. The maximum Gasteiger partial charge on any atom is 0.369 e. The third-order valence-electron chi connectivity index (χ3n) is 1.87. The summed E-state index contributed by atoms with van der Waals surface area (Å²) in [5.41, 5.74) is 1.62. The van der Waals surface area contributed by atoms with Crippen molar-refractivity contribution in [3.05, 3.63) is 29.4 Å². The van der Waals surface area contributed by atoms with Gasteiger partial charge in [0, 0.05) is 0 Å². The number of amides is 2. The molecular formula is C8H3N5O. The first-order chi connectivity index (χ1) is 6.83. The van der Waals surface area contributed by atoms with Crippen molar-refractivity contribution in [2.24, 2.45) is 9.98 Å². The van der Waals surface area contributed by atoms with E-state index in [1.54, 1.807) is 12.3 Å². The fourth-order valence-electron chi connectivity index (χ4n) is 1.28. The van der Waals surface area contributed by atoms with Crippen molar-refractivity contribution in [3.63, 3.8) is 0 Å². The molecule has 0 bridgehead atoms. The molecule has 0 unspecified atom stereocenters. The maximum atomic E-state index is 10.9. The number of pyridine rings is 1. The zero-order valence-corrected chi connectivity index (χ0v) is 6.88. The fraction of sp³-hybridized carbons (Fsp3) is 0. The Labute approximate surface area is 77.1 Å². The molecule has 2 aromatic rings. The Hall–Kier alpha value is -2.24. The van der Waals surface area contributed by atoms with Gasteiger partial charge in [0.05, 0.1) is 11.7 Å². The lowest BCUT2D eigenvalue weighted by Crippen LogP contribution is -2.25. The predicted molar refractivity (Wildman–Crippen MR) is 45.0 cm³/mol. The summed E-state index contributed by atoms with van der Waals surface area (Å²) in [6.07, 6.45) is 2.99. The molecule has 1 aliphatic rings. The van der Waals surface area contributed by atoms with Gasteiger partial charge < -0.3 is 0 Å². The Morgan fingerprint density at radius 3 is 3.00 bits per heavy atom. The lowest BCUT2D eigenvalue weighted by atomic mass is 10.3. The van der Waals surface area contributed by atoms with E-state index in [1.165, 1.54) is 6.33 Å². The van der Waals surface area contributed by atoms with Gasteiger partial charge in [0.1, 0.15) is 17.2 Å². The Bertz CT molecular complexity index is 606. The third-order valence-corrected chi connectivity index (χ3v) is 1.87. The highest BCUT2D eigenvalue weighted by atomic mass is 16.2. The standard InChI is InChI=1S/C8H3N5O/c14-8-12-5-1-4-6(2-9-3-10-4)11-7(5)13-8/h1-3H. The van der Waals surface area contributed by atoms with Crippen LogP contribution in [0, 0.1) is 0 Å². The number of rotatable bonds is 0. The predicted octanol–water partition coefficient (Wildman–Crippen LogP) is -0.602. The monoisotopic (exact) mass is 185 g/mol. The highest BCUT2D eigenvalue weighted by molar-refractivity contribution is 5.79. The molecule has 0 atom stereocenters. The molecule has 66 valence electrons. The normalized spacial score (nSPS) is 13.6. The summed E-state index contributed by atoms with van der Waals surface area (Å²) < 4.78 is 0. The summed E-state index contributed by atoms with van der Waals surface area (Å²) in [6, 6.07) is 1.16. The van der Waals surface area contributed by atoms with Crippen LogP contribution in [-0.2, 0) is 0 Å². The van der Waals surface area contributed by atoms with Gasteiger partial charge in [-0.1, -0.05) is 0 Å². The molecular weight excluding hydrogens is 182 g/mol. The third kappa shape index (κ3) is 0.905. The summed E-state index contributed by atoms with van der Waals surface area (Å²) >= 11 is 0. The SMILES string of the molecule is O=C1N=c2cc3ncncc3nc2=N1. The second-order valence-corrected chi connectivity index (χ2v) is 2.76. The number of aromatic nitrogens is 3. The van der Waals surface area contributed by atoms with E-state index >= 15 is 0 Å². The van der Waals surface area contributed by atoms with E-state index in [0.717, 1.165) is 0 Å². The van der Waals surface area contributed by atoms with Gasteiger partial charge >= 0.3 is 6.03 Å². The molecule has 3 rings (SSSR count). The molecule has 2 amide bonds. The van der Waals surface area contributed by atoms with E-state index in [1.807, 2.05) is 0 Å². The van der Waals surface area contributed by atoms with Crippen LogP contribution in [0.1, 0.15) is 0 Å². The van der Waals surface area contributed by atoms with Gasteiger partial charge in [0.2, 0.25) is 0 Å². The van der Waals surface area contributed by atoms with Crippen LogP contribution in [-0.4, -0.2) is 21.0 Å². The lowest BCUT2D eigenvalue weighted by molar-refractivity contribution is 0.256. The summed E-state index contributed by atoms with van der Waals surface area (Å²) in [4.78, 5) is 30.1. The minimum absolute atomic E-state index is 0.345. The second kappa shape index (κ2) is 2.38. The highest BCUT2D eigenvalue weighted by Crippen LogP contribution is 1.99. The zero-order chi connectivity index (χ0) is 9.54. The number of urea groups is 1. The molecule has 0 spiro atoms. The van der Waals surface area contributed by atoms with Crippen LogP contribution in [0.5, 0.6) is 0 Å². The van der Waals surface area contributed by atoms with Gasteiger partial charge in [-0.25, -0.2) is 19.7 Å². The molecule has 0 aromatic carbocycles. The highest BCUT2D eigenvalue weighted by Gasteiger charge is 2.07. The van der Waals surface area contributed by atoms with Crippen LogP contribution in [0.4, 0.5) is 4.79 Å². The van der Waals surface area contributed by atoms with Crippen molar-refractivity contribution in [2.75, 3.05) is 0 Å². The van der Waals surface area contributed by atoms with E-state index in [9.17, 15) is 4.79 Å². The fourth-order valence-corrected chi connectivity index (χ4v) is 1.28. The number of hydrogen-bond acceptors (Lipinski definition) is 4. The summed E-state index contributed by atoms with van der Waals surface area (Å²) in [6.45, 7) is 0. The largest absolute Gasteiger partial charge is 0.369 e. The summed E-state index contributed by atoms with van der Waals surface area (Å²) in [7, 11) is 0. The maximum absolute atomic E-state index is 10.9. The Morgan fingerprint density at radius 2 is 2.07 bits per heavy atom. The second-order valence-electron chi connectivity index (χ2n) is 2.76. The molecule has 0 saturated heterocycles. The topological polar surface area (TPSA) is 80.5 Å². The molecule has 0 N–H and O–H groups in total. The smallest absolute Gasteiger partial charge is 0.244 e. The van der Waals surface area contributed by atoms with Gasteiger partial charge in [-0.3, -0.25) is 0 Å². The van der Waals surface area contributed by atoms with E-state index in [2.05, 4.69) is 24.9 Å². The average molecular weight is 185 g/mol. The van der Waals surface area contributed by atoms with Crippen molar-refractivity contribution in [3.8, 4) is 0 Å². The minimum Gasteiger partial charge on any atom is -0.244 e. The molecule has 1 aliphatic heterocycles. The first-order valence-electron chi connectivity index (χ1n) is 3.91. The Kier molecular flexibility index (Phi) is 1.22. The van der Waals surface area contributed by atoms with Crippen LogP contribution >= 0.6 is 0 Å². The number of carbonyl (C=O) groups is 1. The Balaban J connectivity index is 2.56. The van der Waals surface area contributed by atoms with Gasteiger partial charge in [-0.2, -0.15) is 9.98 Å². The molecule has 6 heteroatoms. The van der Waals surface area contributed by atoms with Crippen LogP contribution < -0.4 is 10.8 Å². The van der Waals surface area contributed by atoms with Crippen molar-refractivity contribution < 1.29 is 4.79 Å². The van der Waals surface area contributed by atoms with Crippen molar-refractivity contribution in [1.82, 2.24) is 15.0 Å². The molecule has 0 aliphatic carbocycles. The van der Waals surface area contributed by atoms with Crippen molar-refractivity contribution >= 4 is 17.1 Å². The van der Waals surface area contributed by atoms with Gasteiger partial charge in [0.25, 0.3) is 0 Å². The van der Waals surface area contributed by atoms with E-state index in [-0.39, 0.29) is 0 Å². The number of hydrogen-bond donors (Lipinski definition) is 0. The molecule has 2 aromatic heterocycles. The van der Waals surface area contributed by atoms with Gasteiger partial charge in [-0.05, 0) is 6.07 Å². The van der Waals surface area contributed by atoms with E-state index in [0.29, 0.717) is 21.9 Å². The lowest BCUT2D eigenvalue weighted by Gasteiger charge is -1.91. The zero-order valence-electron chi connectivity index (χ0n) is 6.88. The summed E-state index contributed by atoms with van der Waals surface area (Å²) in [5, 5.41) is 0.473. The minimum atomic E-state index is -0.518. The quantitative estimate of drug-likeness (QED) is 0.548. The molecule has 6 nitrogen and oxygen atoms in total. The van der Waals surface area contributed by atoms with Crippen LogP contribution in [0.3, 0.4) is 0 Å². The van der Waals surface area contributed by atoms with E-state index in [4.69, 9.17) is 0 Å².